The summed E-state index contributed by atoms with van der Waals surface area (Å²) in [4.78, 5) is 14.1. The third-order valence-electron chi connectivity index (χ3n) is 4.87. The standard InChI is InChI=1S/C16H21NO2/c18-15(19)16-9-5-4-8-14(16)11-17(12-16)10-13-6-2-1-3-7-13/h1-3,6-7,14H,4-5,8-12H2,(H,18,19)/t14-,16+/m1/s1. The average molecular weight is 259 g/mol. The number of carboxylic acid groups (broad SMARTS) is 1. The van der Waals surface area contributed by atoms with E-state index in [-0.39, 0.29) is 0 Å². The minimum absolute atomic E-state index is 0.350. The number of rotatable bonds is 3. The molecular weight excluding hydrogens is 238 g/mol. The number of nitrogens with zero attached hydrogens (tertiary/aromatic N) is 1. The summed E-state index contributed by atoms with van der Waals surface area (Å²) in [7, 11) is 0. The minimum Gasteiger partial charge on any atom is -0.481 e. The monoisotopic (exact) mass is 259 g/mol. The third-order valence-corrected chi connectivity index (χ3v) is 4.87. The number of hydrogen-bond donors (Lipinski definition) is 1. The van der Waals surface area contributed by atoms with Crippen molar-refractivity contribution in [2.24, 2.45) is 11.3 Å². The molecule has 1 aliphatic carbocycles. The molecule has 0 unspecified atom stereocenters. The summed E-state index contributed by atoms with van der Waals surface area (Å²) in [6.07, 6.45) is 4.21. The lowest BCUT2D eigenvalue weighted by Crippen LogP contribution is -2.41. The average Bonchev–Trinajstić information content (AvgIpc) is 2.79. The van der Waals surface area contributed by atoms with E-state index in [4.69, 9.17) is 0 Å². The highest BCUT2D eigenvalue weighted by Gasteiger charge is 2.52. The van der Waals surface area contributed by atoms with Crippen LogP contribution in [0.3, 0.4) is 0 Å². The second kappa shape index (κ2) is 4.97. The molecule has 2 fully saturated rings. The van der Waals surface area contributed by atoms with Gasteiger partial charge >= 0.3 is 5.97 Å². The van der Waals surface area contributed by atoms with Crippen LogP contribution in [0.15, 0.2) is 30.3 Å². The normalized spacial score (nSPS) is 31.1. The summed E-state index contributed by atoms with van der Waals surface area (Å²) in [5, 5.41) is 9.66. The van der Waals surface area contributed by atoms with Crippen LogP contribution in [0, 0.1) is 11.3 Å². The van der Waals surface area contributed by atoms with E-state index in [0.29, 0.717) is 5.92 Å². The van der Waals surface area contributed by atoms with Gasteiger partial charge in [0.05, 0.1) is 5.41 Å². The van der Waals surface area contributed by atoms with Crippen LogP contribution in [0.25, 0.3) is 0 Å². The molecule has 2 atom stereocenters. The van der Waals surface area contributed by atoms with E-state index in [9.17, 15) is 9.90 Å². The van der Waals surface area contributed by atoms with Crippen LogP contribution in [0.1, 0.15) is 31.2 Å². The molecule has 1 aromatic carbocycles. The maximum Gasteiger partial charge on any atom is 0.311 e. The molecule has 1 N–H and O–H groups in total. The summed E-state index contributed by atoms with van der Waals surface area (Å²) in [6.45, 7) is 2.55. The number of hydrogen-bond acceptors (Lipinski definition) is 2. The fourth-order valence-electron chi connectivity index (χ4n) is 3.87. The lowest BCUT2D eigenvalue weighted by atomic mass is 9.68. The molecule has 102 valence electrons. The Morgan fingerprint density at radius 2 is 2.11 bits per heavy atom. The van der Waals surface area contributed by atoms with Gasteiger partial charge in [0.25, 0.3) is 0 Å². The molecule has 2 aliphatic rings. The van der Waals surface area contributed by atoms with Gasteiger partial charge in [-0.05, 0) is 24.3 Å². The molecule has 0 amide bonds. The maximum atomic E-state index is 11.7. The molecule has 0 bridgehead atoms. The van der Waals surface area contributed by atoms with Crippen LogP contribution < -0.4 is 0 Å². The molecule has 0 radical (unpaired) electrons. The molecule has 1 saturated heterocycles. The predicted octanol–water partition coefficient (Wildman–Crippen LogP) is 2.76. The topological polar surface area (TPSA) is 40.5 Å². The van der Waals surface area contributed by atoms with Crippen LogP contribution in [-0.4, -0.2) is 29.1 Å². The predicted molar refractivity (Wildman–Crippen MR) is 73.7 cm³/mol. The lowest BCUT2D eigenvalue weighted by Gasteiger charge is -2.34. The van der Waals surface area contributed by atoms with Crippen molar-refractivity contribution in [3.63, 3.8) is 0 Å². The summed E-state index contributed by atoms with van der Waals surface area (Å²) < 4.78 is 0. The van der Waals surface area contributed by atoms with Crippen molar-refractivity contribution < 1.29 is 9.90 Å². The fourth-order valence-corrected chi connectivity index (χ4v) is 3.87. The summed E-state index contributed by atoms with van der Waals surface area (Å²) in [5.74, 6) is -0.227. The van der Waals surface area contributed by atoms with Gasteiger partial charge in [0.2, 0.25) is 0 Å². The Kier molecular flexibility index (Phi) is 3.31. The number of aliphatic carboxylic acids is 1. The molecule has 1 aromatic rings. The lowest BCUT2D eigenvalue weighted by molar-refractivity contribution is -0.152. The SMILES string of the molecule is O=C(O)[C@]12CCCC[C@@H]1CN(Cc1ccccc1)C2. The molecule has 3 nitrogen and oxygen atoms in total. The number of benzene rings is 1. The Labute approximate surface area is 114 Å². The molecule has 1 saturated carbocycles. The fraction of sp³-hybridized carbons (Fsp3) is 0.562. The summed E-state index contributed by atoms with van der Waals surface area (Å²) in [5.41, 5.74) is 0.814. The van der Waals surface area contributed by atoms with E-state index >= 15 is 0 Å². The smallest absolute Gasteiger partial charge is 0.311 e. The van der Waals surface area contributed by atoms with Crippen molar-refractivity contribution >= 4 is 5.97 Å². The van der Waals surface area contributed by atoms with E-state index < -0.39 is 11.4 Å². The Bertz CT molecular complexity index is 459. The molecule has 1 heterocycles. The van der Waals surface area contributed by atoms with Gasteiger partial charge in [-0.2, -0.15) is 0 Å². The van der Waals surface area contributed by atoms with E-state index in [2.05, 4.69) is 17.0 Å². The van der Waals surface area contributed by atoms with Crippen LogP contribution in [0.4, 0.5) is 0 Å². The third kappa shape index (κ3) is 2.27. The van der Waals surface area contributed by atoms with Gasteiger partial charge in [0, 0.05) is 19.6 Å². The molecule has 1 aliphatic heterocycles. The Balaban J connectivity index is 1.75. The Morgan fingerprint density at radius 1 is 1.32 bits per heavy atom. The van der Waals surface area contributed by atoms with Gasteiger partial charge in [0.1, 0.15) is 0 Å². The van der Waals surface area contributed by atoms with E-state index in [1.807, 2.05) is 18.2 Å². The van der Waals surface area contributed by atoms with Gasteiger partial charge in [0.15, 0.2) is 0 Å². The quantitative estimate of drug-likeness (QED) is 0.907. The first-order chi connectivity index (χ1) is 9.21. The number of carbonyl (C=O) groups is 1. The second-order valence-electron chi connectivity index (χ2n) is 6.06. The van der Waals surface area contributed by atoms with Crippen molar-refractivity contribution in [3.8, 4) is 0 Å². The molecule has 19 heavy (non-hydrogen) atoms. The van der Waals surface area contributed by atoms with Crippen molar-refractivity contribution in [2.75, 3.05) is 13.1 Å². The van der Waals surface area contributed by atoms with Crippen molar-refractivity contribution in [2.45, 2.75) is 32.2 Å². The first kappa shape index (κ1) is 12.7. The number of fused-ring (bicyclic) bond motifs is 1. The van der Waals surface area contributed by atoms with Crippen LogP contribution in [0.5, 0.6) is 0 Å². The zero-order chi connectivity index (χ0) is 13.3. The van der Waals surface area contributed by atoms with Gasteiger partial charge in [-0.15, -0.1) is 0 Å². The summed E-state index contributed by atoms with van der Waals surface area (Å²) >= 11 is 0. The number of carboxylic acids is 1. The van der Waals surface area contributed by atoms with Gasteiger partial charge in [-0.3, -0.25) is 9.69 Å². The van der Waals surface area contributed by atoms with Crippen LogP contribution >= 0.6 is 0 Å². The maximum absolute atomic E-state index is 11.7. The van der Waals surface area contributed by atoms with Crippen LogP contribution in [-0.2, 0) is 11.3 Å². The highest BCUT2D eigenvalue weighted by atomic mass is 16.4. The van der Waals surface area contributed by atoms with Crippen molar-refractivity contribution in [1.29, 1.82) is 0 Å². The van der Waals surface area contributed by atoms with E-state index in [1.54, 1.807) is 0 Å². The van der Waals surface area contributed by atoms with Crippen molar-refractivity contribution in [3.05, 3.63) is 35.9 Å². The molecule has 0 aromatic heterocycles. The molecular formula is C16H21NO2. The molecule has 3 rings (SSSR count). The van der Waals surface area contributed by atoms with Gasteiger partial charge in [-0.25, -0.2) is 0 Å². The molecule has 3 heteroatoms. The highest BCUT2D eigenvalue weighted by Crippen LogP contribution is 2.47. The van der Waals surface area contributed by atoms with E-state index in [0.717, 1.165) is 38.9 Å². The van der Waals surface area contributed by atoms with Crippen LogP contribution in [0.2, 0.25) is 0 Å². The first-order valence-corrected chi connectivity index (χ1v) is 7.20. The Hall–Kier alpha value is -1.35. The zero-order valence-corrected chi connectivity index (χ0v) is 11.2. The van der Waals surface area contributed by atoms with Crippen molar-refractivity contribution in [1.82, 2.24) is 4.90 Å². The largest absolute Gasteiger partial charge is 0.481 e. The Morgan fingerprint density at radius 3 is 2.79 bits per heavy atom. The second-order valence-corrected chi connectivity index (χ2v) is 6.06. The van der Waals surface area contributed by atoms with Gasteiger partial charge < -0.3 is 5.11 Å². The molecule has 0 spiro atoms. The zero-order valence-electron chi connectivity index (χ0n) is 11.2. The van der Waals surface area contributed by atoms with Gasteiger partial charge in [-0.1, -0.05) is 43.2 Å². The first-order valence-electron chi connectivity index (χ1n) is 7.20. The highest BCUT2D eigenvalue weighted by molar-refractivity contribution is 5.76. The van der Waals surface area contributed by atoms with E-state index in [1.165, 1.54) is 12.0 Å². The summed E-state index contributed by atoms with van der Waals surface area (Å²) in [6, 6.07) is 10.4. The number of likely N-dealkylation sites (tertiary alicyclic amines) is 1. The minimum atomic E-state index is -0.576.